The lowest BCUT2D eigenvalue weighted by atomic mass is 9.98. The van der Waals surface area contributed by atoms with Gasteiger partial charge in [0.2, 0.25) is 0 Å². The van der Waals surface area contributed by atoms with Gasteiger partial charge in [0.25, 0.3) is 0 Å². The van der Waals surface area contributed by atoms with Crippen LogP contribution in [0.1, 0.15) is 22.3 Å². The van der Waals surface area contributed by atoms with E-state index in [-0.39, 0.29) is 0 Å². The van der Waals surface area contributed by atoms with Crippen molar-refractivity contribution in [1.82, 2.24) is 4.90 Å². The monoisotopic (exact) mass is 262 g/mol. The van der Waals surface area contributed by atoms with Gasteiger partial charge in [-0.25, -0.2) is 0 Å². The van der Waals surface area contributed by atoms with Gasteiger partial charge in [0, 0.05) is 13.1 Å². The van der Waals surface area contributed by atoms with E-state index in [0.717, 1.165) is 25.9 Å². The van der Waals surface area contributed by atoms with E-state index in [1.165, 1.54) is 22.3 Å². The standard InChI is InChI=1S/C18H18N2/c19-11-12-20-13-17-7-3-1-5-15(17)9-10-16-6-2-4-8-18(16)14-20/h1-8H,9-10,12-14H2. The molecule has 0 fully saturated rings. The Kier molecular flexibility index (Phi) is 3.80. The zero-order valence-electron chi connectivity index (χ0n) is 11.5. The van der Waals surface area contributed by atoms with E-state index < -0.39 is 0 Å². The van der Waals surface area contributed by atoms with E-state index in [2.05, 4.69) is 59.5 Å². The number of fused-ring (bicyclic) bond motifs is 2. The number of rotatable bonds is 1. The third-order valence-electron chi connectivity index (χ3n) is 3.98. The van der Waals surface area contributed by atoms with E-state index in [9.17, 15) is 0 Å². The summed E-state index contributed by atoms with van der Waals surface area (Å²) in [6.07, 6.45) is 2.15. The molecule has 2 heteroatoms. The Morgan fingerprint density at radius 3 is 1.70 bits per heavy atom. The molecule has 0 spiro atoms. The number of hydrogen-bond acceptors (Lipinski definition) is 2. The van der Waals surface area contributed by atoms with Crippen molar-refractivity contribution in [2.75, 3.05) is 6.54 Å². The molecule has 20 heavy (non-hydrogen) atoms. The van der Waals surface area contributed by atoms with Crippen molar-refractivity contribution >= 4 is 0 Å². The van der Waals surface area contributed by atoms with Gasteiger partial charge in [0.1, 0.15) is 0 Å². The lowest BCUT2D eigenvalue weighted by Gasteiger charge is -2.20. The molecule has 2 aromatic rings. The average molecular weight is 262 g/mol. The van der Waals surface area contributed by atoms with Crippen molar-refractivity contribution in [3.63, 3.8) is 0 Å². The summed E-state index contributed by atoms with van der Waals surface area (Å²) >= 11 is 0. The Hall–Kier alpha value is -2.11. The fourth-order valence-electron chi connectivity index (χ4n) is 2.93. The number of aryl methyl sites for hydroxylation is 2. The Morgan fingerprint density at radius 2 is 1.25 bits per heavy atom. The quantitative estimate of drug-likeness (QED) is 0.737. The second-order valence-electron chi connectivity index (χ2n) is 5.34. The van der Waals surface area contributed by atoms with Crippen LogP contribution in [0.2, 0.25) is 0 Å². The molecular formula is C18H18N2. The molecule has 2 aromatic carbocycles. The van der Waals surface area contributed by atoms with E-state index in [4.69, 9.17) is 5.26 Å². The number of nitriles is 1. The van der Waals surface area contributed by atoms with Crippen LogP contribution in [-0.4, -0.2) is 11.4 Å². The van der Waals surface area contributed by atoms with Gasteiger partial charge in [0.05, 0.1) is 12.6 Å². The molecule has 0 N–H and O–H groups in total. The van der Waals surface area contributed by atoms with Gasteiger partial charge >= 0.3 is 0 Å². The van der Waals surface area contributed by atoms with Crippen LogP contribution >= 0.6 is 0 Å². The van der Waals surface area contributed by atoms with E-state index >= 15 is 0 Å². The molecule has 0 atom stereocenters. The minimum atomic E-state index is 0.475. The highest BCUT2D eigenvalue weighted by atomic mass is 15.1. The number of hydrogen-bond donors (Lipinski definition) is 0. The molecule has 2 nitrogen and oxygen atoms in total. The number of benzene rings is 2. The lowest BCUT2D eigenvalue weighted by Crippen LogP contribution is -2.23. The predicted molar refractivity (Wildman–Crippen MR) is 80.0 cm³/mol. The first-order valence-electron chi connectivity index (χ1n) is 7.09. The van der Waals surface area contributed by atoms with Crippen LogP contribution < -0.4 is 0 Å². The van der Waals surface area contributed by atoms with Gasteiger partial charge < -0.3 is 0 Å². The predicted octanol–water partition coefficient (Wildman–Crippen LogP) is 3.31. The van der Waals surface area contributed by atoms with Crippen molar-refractivity contribution < 1.29 is 0 Å². The molecule has 0 unspecified atom stereocenters. The van der Waals surface area contributed by atoms with Gasteiger partial charge in [-0.15, -0.1) is 0 Å². The normalized spacial score (nSPS) is 15.2. The van der Waals surface area contributed by atoms with Gasteiger partial charge in [0.15, 0.2) is 0 Å². The summed E-state index contributed by atoms with van der Waals surface area (Å²) in [5.41, 5.74) is 5.53. The Morgan fingerprint density at radius 1 is 0.800 bits per heavy atom. The largest absolute Gasteiger partial charge is 0.282 e. The molecule has 0 amide bonds. The molecule has 0 aromatic heterocycles. The van der Waals surface area contributed by atoms with Crippen molar-refractivity contribution in [3.8, 4) is 6.07 Å². The first-order chi connectivity index (χ1) is 9.86. The molecule has 0 bridgehead atoms. The Balaban J connectivity index is 1.99. The number of nitrogens with zero attached hydrogens (tertiary/aromatic N) is 2. The highest BCUT2D eigenvalue weighted by Crippen LogP contribution is 2.21. The second kappa shape index (κ2) is 5.90. The first-order valence-corrected chi connectivity index (χ1v) is 7.09. The molecule has 0 aliphatic carbocycles. The molecule has 0 saturated heterocycles. The molecular weight excluding hydrogens is 244 g/mol. The van der Waals surface area contributed by atoms with Crippen molar-refractivity contribution in [2.45, 2.75) is 25.9 Å². The summed E-state index contributed by atoms with van der Waals surface area (Å²) in [7, 11) is 0. The molecule has 3 rings (SSSR count). The summed E-state index contributed by atoms with van der Waals surface area (Å²) < 4.78 is 0. The minimum absolute atomic E-state index is 0.475. The van der Waals surface area contributed by atoms with Crippen LogP contribution in [0, 0.1) is 11.3 Å². The zero-order valence-corrected chi connectivity index (χ0v) is 11.5. The Bertz CT molecular complexity index is 590. The molecule has 1 heterocycles. The SMILES string of the molecule is N#CCN1Cc2ccccc2CCc2ccccc2C1. The van der Waals surface area contributed by atoms with Crippen LogP contribution in [0.4, 0.5) is 0 Å². The highest BCUT2D eigenvalue weighted by Gasteiger charge is 2.14. The minimum Gasteiger partial charge on any atom is -0.282 e. The lowest BCUT2D eigenvalue weighted by molar-refractivity contribution is 0.289. The van der Waals surface area contributed by atoms with Crippen LogP contribution in [0.3, 0.4) is 0 Å². The summed E-state index contributed by atoms with van der Waals surface area (Å²) in [6.45, 7) is 2.19. The molecule has 0 saturated carbocycles. The molecule has 100 valence electrons. The van der Waals surface area contributed by atoms with Crippen LogP contribution in [0.15, 0.2) is 48.5 Å². The average Bonchev–Trinajstić information content (AvgIpc) is 2.54. The van der Waals surface area contributed by atoms with Crippen molar-refractivity contribution in [3.05, 3.63) is 70.8 Å². The van der Waals surface area contributed by atoms with Crippen LogP contribution in [0.5, 0.6) is 0 Å². The maximum atomic E-state index is 9.06. The fourth-order valence-corrected chi connectivity index (χ4v) is 2.93. The second-order valence-corrected chi connectivity index (χ2v) is 5.34. The van der Waals surface area contributed by atoms with Crippen molar-refractivity contribution in [2.24, 2.45) is 0 Å². The maximum absolute atomic E-state index is 9.06. The van der Waals surface area contributed by atoms with Gasteiger partial charge in [-0.3, -0.25) is 4.90 Å². The third-order valence-corrected chi connectivity index (χ3v) is 3.98. The first kappa shape index (κ1) is 12.9. The zero-order chi connectivity index (χ0) is 13.8. The molecule has 0 radical (unpaired) electrons. The summed E-state index contributed by atoms with van der Waals surface area (Å²) in [5.74, 6) is 0. The van der Waals surface area contributed by atoms with E-state index in [1.807, 2.05) is 0 Å². The molecule has 1 aliphatic rings. The fraction of sp³-hybridized carbons (Fsp3) is 0.278. The van der Waals surface area contributed by atoms with Gasteiger partial charge in [-0.1, -0.05) is 48.5 Å². The van der Waals surface area contributed by atoms with Crippen LogP contribution in [-0.2, 0) is 25.9 Å². The van der Waals surface area contributed by atoms with Gasteiger partial charge in [-0.05, 0) is 35.1 Å². The maximum Gasteiger partial charge on any atom is 0.0871 e. The van der Waals surface area contributed by atoms with E-state index in [1.54, 1.807) is 0 Å². The summed E-state index contributed by atoms with van der Waals surface area (Å²) in [4.78, 5) is 2.23. The Labute approximate surface area is 120 Å². The van der Waals surface area contributed by atoms with E-state index in [0.29, 0.717) is 6.54 Å². The van der Waals surface area contributed by atoms with Gasteiger partial charge in [-0.2, -0.15) is 5.26 Å². The highest BCUT2D eigenvalue weighted by molar-refractivity contribution is 5.33. The smallest absolute Gasteiger partial charge is 0.0871 e. The summed E-state index contributed by atoms with van der Waals surface area (Å²) in [6, 6.07) is 19.5. The van der Waals surface area contributed by atoms with Crippen molar-refractivity contribution in [1.29, 1.82) is 5.26 Å². The molecule has 1 aliphatic heterocycles. The topological polar surface area (TPSA) is 27.0 Å². The third kappa shape index (κ3) is 2.74. The van der Waals surface area contributed by atoms with Crippen LogP contribution in [0.25, 0.3) is 0 Å². The summed E-state index contributed by atoms with van der Waals surface area (Å²) in [5, 5.41) is 9.06.